The molecule has 0 radical (unpaired) electrons. The third kappa shape index (κ3) is 1.97. The van der Waals surface area contributed by atoms with Gasteiger partial charge in [-0.1, -0.05) is 6.92 Å². The van der Waals surface area contributed by atoms with E-state index in [1.165, 1.54) is 18.5 Å². The maximum Gasteiger partial charge on any atom is 0.0635 e. The molecule has 0 spiro atoms. The minimum Gasteiger partial charge on any atom is -0.330 e. The van der Waals surface area contributed by atoms with Crippen LogP contribution >= 0.6 is 15.9 Å². The highest BCUT2D eigenvalue weighted by Gasteiger charge is 2.34. The predicted molar refractivity (Wildman–Crippen MR) is 64.7 cm³/mol. The zero-order valence-electron chi connectivity index (χ0n) is 9.12. The lowest BCUT2D eigenvalue weighted by Gasteiger charge is -2.36. The van der Waals surface area contributed by atoms with E-state index >= 15 is 0 Å². The number of hydrogen-bond acceptors (Lipinski definition) is 2. The van der Waals surface area contributed by atoms with Gasteiger partial charge in [0, 0.05) is 12.5 Å². The zero-order chi connectivity index (χ0) is 10.8. The first-order valence-corrected chi connectivity index (χ1v) is 6.48. The van der Waals surface area contributed by atoms with Crippen molar-refractivity contribution in [2.75, 3.05) is 6.54 Å². The molecule has 1 aromatic heterocycles. The molecule has 0 aromatic carbocycles. The lowest BCUT2D eigenvalue weighted by molar-refractivity contribution is 0.248. The molecule has 1 fully saturated rings. The van der Waals surface area contributed by atoms with Crippen LogP contribution in [0.25, 0.3) is 0 Å². The van der Waals surface area contributed by atoms with Crippen LogP contribution in [0.2, 0.25) is 0 Å². The van der Waals surface area contributed by atoms with Gasteiger partial charge in [0.2, 0.25) is 0 Å². The Morgan fingerprint density at radius 1 is 1.60 bits per heavy atom. The van der Waals surface area contributed by atoms with E-state index in [0.717, 1.165) is 24.0 Å². The summed E-state index contributed by atoms with van der Waals surface area (Å²) >= 11 is 3.59. The molecule has 1 saturated carbocycles. The van der Waals surface area contributed by atoms with Gasteiger partial charge in [0.05, 0.1) is 16.4 Å². The van der Waals surface area contributed by atoms with Crippen LogP contribution in [-0.2, 0) is 6.54 Å². The molecule has 0 saturated heterocycles. The van der Waals surface area contributed by atoms with Crippen molar-refractivity contribution in [2.45, 2.75) is 38.6 Å². The molecule has 3 nitrogen and oxygen atoms in total. The van der Waals surface area contributed by atoms with Gasteiger partial charge in [-0.3, -0.25) is 4.68 Å². The first-order valence-electron chi connectivity index (χ1n) is 5.69. The number of aromatic nitrogens is 2. The number of aryl methyl sites for hydroxylation is 1. The molecule has 4 heteroatoms. The first kappa shape index (κ1) is 11.1. The van der Waals surface area contributed by atoms with Gasteiger partial charge in [0.1, 0.15) is 0 Å². The SMILES string of the molecule is CCCn1ncc(Br)c1C1CCC1CN. The fourth-order valence-electron chi connectivity index (χ4n) is 2.34. The number of nitrogens with zero attached hydrogens (tertiary/aromatic N) is 2. The number of halogens is 1. The van der Waals surface area contributed by atoms with Crippen LogP contribution in [0.3, 0.4) is 0 Å². The van der Waals surface area contributed by atoms with Crippen LogP contribution in [0.15, 0.2) is 10.7 Å². The summed E-state index contributed by atoms with van der Waals surface area (Å²) < 4.78 is 3.29. The van der Waals surface area contributed by atoms with E-state index in [9.17, 15) is 0 Å². The monoisotopic (exact) mass is 271 g/mol. The molecule has 1 heterocycles. The van der Waals surface area contributed by atoms with Crippen molar-refractivity contribution in [3.63, 3.8) is 0 Å². The molecule has 0 bridgehead atoms. The third-order valence-electron chi connectivity index (χ3n) is 3.34. The van der Waals surface area contributed by atoms with Crippen molar-refractivity contribution in [2.24, 2.45) is 11.7 Å². The van der Waals surface area contributed by atoms with E-state index in [0.29, 0.717) is 11.8 Å². The maximum absolute atomic E-state index is 5.76. The summed E-state index contributed by atoms with van der Waals surface area (Å²) in [6, 6.07) is 0. The highest BCUT2D eigenvalue weighted by molar-refractivity contribution is 9.10. The van der Waals surface area contributed by atoms with Crippen LogP contribution < -0.4 is 5.73 Å². The predicted octanol–water partition coefficient (Wildman–Crippen LogP) is 2.51. The summed E-state index contributed by atoms with van der Waals surface area (Å²) in [6.45, 7) is 3.99. The fourth-order valence-corrected chi connectivity index (χ4v) is 2.93. The van der Waals surface area contributed by atoms with Crippen LogP contribution in [-0.4, -0.2) is 16.3 Å². The Morgan fingerprint density at radius 3 is 2.93 bits per heavy atom. The summed E-state index contributed by atoms with van der Waals surface area (Å²) in [5.41, 5.74) is 7.12. The Morgan fingerprint density at radius 2 is 2.40 bits per heavy atom. The molecule has 15 heavy (non-hydrogen) atoms. The summed E-state index contributed by atoms with van der Waals surface area (Å²) in [5, 5.41) is 4.41. The molecule has 0 amide bonds. The van der Waals surface area contributed by atoms with Crippen molar-refractivity contribution in [3.8, 4) is 0 Å². The second kappa shape index (κ2) is 4.66. The molecule has 1 aliphatic carbocycles. The van der Waals surface area contributed by atoms with Gasteiger partial charge in [0.25, 0.3) is 0 Å². The maximum atomic E-state index is 5.76. The summed E-state index contributed by atoms with van der Waals surface area (Å²) in [5.74, 6) is 1.28. The summed E-state index contributed by atoms with van der Waals surface area (Å²) in [4.78, 5) is 0. The number of nitrogens with two attached hydrogens (primary N) is 1. The molecule has 84 valence electrons. The highest BCUT2D eigenvalue weighted by atomic mass is 79.9. The van der Waals surface area contributed by atoms with Gasteiger partial charge in [-0.25, -0.2) is 0 Å². The largest absolute Gasteiger partial charge is 0.330 e. The first-order chi connectivity index (χ1) is 7.27. The minimum absolute atomic E-state index is 0.624. The van der Waals surface area contributed by atoms with Gasteiger partial charge >= 0.3 is 0 Å². The fraction of sp³-hybridized carbons (Fsp3) is 0.727. The van der Waals surface area contributed by atoms with E-state index < -0.39 is 0 Å². The highest BCUT2D eigenvalue weighted by Crippen LogP contribution is 2.44. The van der Waals surface area contributed by atoms with E-state index in [4.69, 9.17) is 5.73 Å². The van der Waals surface area contributed by atoms with Crippen LogP contribution in [0.1, 0.15) is 37.8 Å². The molecule has 2 atom stereocenters. The average molecular weight is 272 g/mol. The lowest BCUT2D eigenvalue weighted by atomic mass is 9.72. The van der Waals surface area contributed by atoms with Crippen LogP contribution in [0.4, 0.5) is 0 Å². The lowest BCUT2D eigenvalue weighted by Crippen LogP contribution is -2.32. The Hall–Kier alpha value is -0.350. The van der Waals surface area contributed by atoms with Gasteiger partial charge in [-0.2, -0.15) is 5.10 Å². The molecular formula is C11H18BrN3. The summed E-state index contributed by atoms with van der Waals surface area (Å²) in [7, 11) is 0. The molecule has 2 unspecified atom stereocenters. The second-order valence-corrected chi connectivity index (χ2v) is 5.13. The van der Waals surface area contributed by atoms with Crippen molar-refractivity contribution in [1.29, 1.82) is 0 Å². The minimum atomic E-state index is 0.624. The molecule has 1 aromatic rings. The number of hydrogen-bond donors (Lipinski definition) is 1. The Kier molecular flexibility index (Phi) is 3.46. The van der Waals surface area contributed by atoms with Crippen molar-refractivity contribution in [3.05, 3.63) is 16.4 Å². The third-order valence-corrected chi connectivity index (χ3v) is 3.95. The van der Waals surface area contributed by atoms with Crippen molar-refractivity contribution >= 4 is 15.9 Å². The van der Waals surface area contributed by atoms with E-state index in [-0.39, 0.29) is 0 Å². The molecule has 2 rings (SSSR count). The van der Waals surface area contributed by atoms with Crippen molar-refractivity contribution in [1.82, 2.24) is 9.78 Å². The van der Waals surface area contributed by atoms with Gasteiger partial charge in [-0.15, -0.1) is 0 Å². The normalized spacial score (nSPS) is 25.3. The standard InChI is InChI=1S/C11H18BrN3/c1-2-5-15-11(10(12)7-14-15)9-4-3-8(9)6-13/h7-9H,2-6,13H2,1H3. The van der Waals surface area contributed by atoms with Gasteiger partial charge in [0.15, 0.2) is 0 Å². The van der Waals surface area contributed by atoms with E-state index in [1.54, 1.807) is 0 Å². The zero-order valence-corrected chi connectivity index (χ0v) is 10.7. The van der Waals surface area contributed by atoms with Crippen LogP contribution in [0.5, 0.6) is 0 Å². The molecule has 0 aliphatic heterocycles. The average Bonchev–Trinajstić information content (AvgIpc) is 2.50. The molecule has 2 N–H and O–H groups in total. The molecular weight excluding hydrogens is 254 g/mol. The van der Waals surface area contributed by atoms with E-state index in [1.807, 2.05) is 6.20 Å². The van der Waals surface area contributed by atoms with Crippen molar-refractivity contribution < 1.29 is 0 Å². The quantitative estimate of drug-likeness (QED) is 0.915. The topological polar surface area (TPSA) is 43.8 Å². The van der Waals surface area contributed by atoms with Crippen LogP contribution in [0, 0.1) is 5.92 Å². The second-order valence-electron chi connectivity index (χ2n) is 4.28. The number of rotatable bonds is 4. The Labute approximate surface area is 99.2 Å². The summed E-state index contributed by atoms with van der Waals surface area (Å²) in [6.07, 6.45) is 5.57. The van der Waals surface area contributed by atoms with Gasteiger partial charge < -0.3 is 5.73 Å². The molecule has 1 aliphatic rings. The Balaban J connectivity index is 2.22. The van der Waals surface area contributed by atoms with Gasteiger partial charge in [-0.05, 0) is 47.7 Å². The smallest absolute Gasteiger partial charge is 0.0635 e. The Bertz CT molecular complexity index is 333. The van der Waals surface area contributed by atoms with E-state index in [2.05, 4.69) is 32.6 Å².